The second-order valence-corrected chi connectivity index (χ2v) is 2.14. The van der Waals surface area contributed by atoms with Crippen molar-refractivity contribution in [2.24, 2.45) is 0 Å². The third kappa shape index (κ3) is 1.27. The Hall–Kier alpha value is -1.03. The molecule has 1 rings (SSSR count). The number of aromatic nitrogens is 1. The Balaban J connectivity index is 2.88. The lowest BCUT2D eigenvalue weighted by molar-refractivity contribution is 0.112. The first-order valence-electron chi connectivity index (χ1n) is 3.05. The molecular formula is C6H8BNO2. The molecule has 1 aromatic heterocycles. The van der Waals surface area contributed by atoms with Crippen LogP contribution in [0.2, 0.25) is 6.82 Å². The van der Waals surface area contributed by atoms with E-state index in [4.69, 9.17) is 5.02 Å². The number of nitrogens with zero attached hydrogens (tertiary/aromatic N) is 1. The van der Waals surface area contributed by atoms with Gasteiger partial charge in [0.15, 0.2) is 6.29 Å². The molecule has 0 radical (unpaired) electrons. The Morgan fingerprint density at radius 2 is 2.50 bits per heavy atom. The number of rotatable bonds is 2. The van der Waals surface area contributed by atoms with Crippen LogP contribution in [0, 0.1) is 0 Å². The van der Waals surface area contributed by atoms with Crippen molar-refractivity contribution in [3.63, 3.8) is 0 Å². The molecular weight excluding hydrogens is 129 g/mol. The van der Waals surface area contributed by atoms with Crippen LogP contribution in [0.3, 0.4) is 0 Å². The Labute approximate surface area is 59.4 Å². The summed E-state index contributed by atoms with van der Waals surface area (Å²) in [6.07, 6.45) is 4.00. The van der Waals surface area contributed by atoms with Crippen molar-refractivity contribution in [2.75, 3.05) is 0 Å². The van der Waals surface area contributed by atoms with Gasteiger partial charge in [0.25, 0.3) is 0 Å². The van der Waals surface area contributed by atoms with Gasteiger partial charge in [-0.2, -0.15) is 0 Å². The van der Waals surface area contributed by atoms with Crippen molar-refractivity contribution in [1.29, 1.82) is 0 Å². The number of carbonyl (C=O) groups excluding carboxylic acids is 1. The zero-order chi connectivity index (χ0) is 7.56. The summed E-state index contributed by atoms with van der Waals surface area (Å²) in [6.45, 7) is 1.63. The van der Waals surface area contributed by atoms with Crippen molar-refractivity contribution in [3.8, 4) is 0 Å². The van der Waals surface area contributed by atoms with Crippen molar-refractivity contribution in [1.82, 2.24) is 4.48 Å². The Bertz CT molecular complexity index is 231. The predicted molar refractivity (Wildman–Crippen MR) is 39.1 cm³/mol. The molecule has 0 atom stereocenters. The minimum atomic E-state index is -0.561. The molecule has 52 valence electrons. The fourth-order valence-corrected chi connectivity index (χ4v) is 0.732. The molecule has 0 aromatic carbocycles. The molecule has 0 amide bonds. The minimum absolute atomic E-state index is 0.561. The van der Waals surface area contributed by atoms with Crippen LogP contribution in [0.15, 0.2) is 18.5 Å². The Morgan fingerprint density at radius 1 is 1.80 bits per heavy atom. The van der Waals surface area contributed by atoms with E-state index >= 15 is 0 Å². The van der Waals surface area contributed by atoms with Gasteiger partial charge in [-0.3, -0.25) is 4.79 Å². The Morgan fingerprint density at radius 3 is 2.80 bits per heavy atom. The third-order valence-corrected chi connectivity index (χ3v) is 1.30. The lowest BCUT2D eigenvalue weighted by Crippen LogP contribution is -2.17. The van der Waals surface area contributed by atoms with Crippen LogP contribution in [-0.2, 0) is 0 Å². The average molecular weight is 137 g/mol. The molecule has 0 saturated carbocycles. The molecule has 0 aliphatic heterocycles. The van der Waals surface area contributed by atoms with E-state index in [-0.39, 0.29) is 0 Å². The maximum absolute atomic E-state index is 10.1. The van der Waals surface area contributed by atoms with Gasteiger partial charge in [-0.25, -0.2) is 0 Å². The van der Waals surface area contributed by atoms with E-state index in [2.05, 4.69) is 0 Å². The van der Waals surface area contributed by atoms with E-state index in [0.29, 0.717) is 5.56 Å². The van der Waals surface area contributed by atoms with Crippen LogP contribution < -0.4 is 0 Å². The topological polar surface area (TPSA) is 42.2 Å². The molecule has 1 aromatic rings. The molecule has 0 unspecified atom stereocenters. The van der Waals surface area contributed by atoms with Gasteiger partial charge in [0.05, 0.1) is 0 Å². The minimum Gasteiger partial charge on any atom is -0.432 e. The summed E-state index contributed by atoms with van der Waals surface area (Å²) in [4.78, 5) is 10.1. The van der Waals surface area contributed by atoms with Gasteiger partial charge in [0, 0.05) is 11.8 Å². The van der Waals surface area contributed by atoms with Gasteiger partial charge in [-0.05, 0) is 19.1 Å². The van der Waals surface area contributed by atoms with Crippen LogP contribution >= 0.6 is 0 Å². The lowest BCUT2D eigenvalue weighted by Gasteiger charge is -1.97. The van der Waals surface area contributed by atoms with Crippen LogP contribution in [0.5, 0.6) is 0 Å². The van der Waals surface area contributed by atoms with Crippen molar-refractivity contribution >= 4 is 13.3 Å². The van der Waals surface area contributed by atoms with E-state index in [1.807, 2.05) is 0 Å². The highest BCUT2D eigenvalue weighted by molar-refractivity contribution is 6.46. The highest BCUT2D eigenvalue weighted by atomic mass is 16.2. The first-order chi connectivity index (χ1) is 4.74. The van der Waals surface area contributed by atoms with E-state index in [1.165, 1.54) is 0 Å². The number of hydrogen-bond acceptors (Lipinski definition) is 2. The quantitative estimate of drug-likeness (QED) is 0.469. The second-order valence-electron chi connectivity index (χ2n) is 2.14. The maximum Gasteiger partial charge on any atom is 0.413 e. The predicted octanol–water partition coefficient (Wildman–Crippen LogP) is 0.259. The molecule has 1 N–H and O–H groups in total. The van der Waals surface area contributed by atoms with Crippen molar-refractivity contribution in [2.45, 2.75) is 6.82 Å². The molecule has 10 heavy (non-hydrogen) atoms. The fraction of sp³-hybridized carbons (Fsp3) is 0.167. The summed E-state index contributed by atoms with van der Waals surface area (Å²) >= 11 is 0. The zero-order valence-corrected chi connectivity index (χ0v) is 5.69. The first-order valence-corrected chi connectivity index (χ1v) is 3.05. The van der Waals surface area contributed by atoms with E-state index in [0.717, 1.165) is 6.29 Å². The number of hydrogen-bond donors (Lipinski definition) is 1. The zero-order valence-electron chi connectivity index (χ0n) is 5.69. The third-order valence-electron chi connectivity index (χ3n) is 1.30. The van der Waals surface area contributed by atoms with E-state index in [9.17, 15) is 4.79 Å². The molecule has 4 heteroatoms. The molecule has 0 spiro atoms. The number of carbonyl (C=O) groups is 1. The van der Waals surface area contributed by atoms with Gasteiger partial charge < -0.3 is 9.50 Å². The number of aldehydes is 1. The first kappa shape index (κ1) is 7.09. The van der Waals surface area contributed by atoms with Gasteiger partial charge in [0.2, 0.25) is 0 Å². The smallest absolute Gasteiger partial charge is 0.413 e. The molecule has 3 nitrogen and oxygen atoms in total. The average Bonchev–Trinajstić information content (AvgIpc) is 2.34. The molecule has 1 heterocycles. The SMILES string of the molecule is CB(O)n1ccc(C=O)c1. The highest BCUT2D eigenvalue weighted by Gasteiger charge is 2.04. The van der Waals surface area contributed by atoms with E-state index < -0.39 is 7.05 Å². The standard InChI is InChI=1S/C6H8BNO2/c1-7(10)8-3-2-6(4-8)5-9/h2-5,10H,1H3. The fourth-order valence-electron chi connectivity index (χ4n) is 0.732. The van der Waals surface area contributed by atoms with Gasteiger partial charge in [0.1, 0.15) is 0 Å². The molecule has 0 fully saturated rings. The van der Waals surface area contributed by atoms with Crippen LogP contribution in [0.25, 0.3) is 0 Å². The maximum atomic E-state index is 10.1. The summed E-state index contributed by atoms with van der Waals surface area (Å²) in [5.41, 5.74) is 0.584. The summed E-state index contributed by atoms with van der Waals surface area (Å²) in [6, 6.07) is 1.65. The lowest BCUT2D eigenvalue weighted by atomic mass is 9.89. The summed E-state index contributed by atoms with van der Waals surface area (Å²) in [5.74, 6) is 0. The normalized spacial score (nSPS) is 9.40. The second kappa shape index (κ2) is 2.71. The van der Waals surface area contributed by atoms with Gasteiger partial charge in [-0.1, -0.05) is 0 Å². The van der Waals surface area contributed by atoms with Gasteiger partial charge >= 0.3 is 7.05 Å². The summed E-state index contributed by atoms with van der Waals surface area (Å²) < 4.78 is 1.56. The highest BCUT2D eigenvalue weighted by Crippen LogP contribution is 1.97. The van der Waals surface area contributed by atoms with Crippen LogP contribution in [0.4, 0.5) is 0 Å². The monoisotopic (exact) mass is 137 g/mol. The summed E-state index contributed by atoms with van der Waals surface area (Å²) in [5, 5.41) is 8.98. The molecule has 0 saturated heterocycles. The van der Waals surface area contributed by atoms with Crippen molar-refractivity contribution < 1.29 is 9.82 Å². The molecule has 0 aliphatic carbocycles. The van der Waals surface area contributed by atoms with Crippen LogP contribution in [0.1, 0.15) is 10.4 Å². The van der Waals surface area contributed by atoms with Crippen molar-refractivity contribution in [3.05, 3.63) is 24.0 Å². The Kier molecular flexibility index (Phi) is 1.92. The van der Waals surface area contributed by atoms with Crippen LogP contribution in [-0.4, -0.2) is 22.8 Å². The molecule has 0 aliphatic rings. The van der Waals surface area contributed by atoms with E-state index in [1.54, 1.807) is 29.8 Å². The van der Waals surface area contributed by atoms with Gasteiger partial charge in [-0.15, -0.1) is 0 Å². The molecule has 0 bridgehead atoms. The largest absolute Gasteiger partial charge is 0.432 e. The summed E-state index contributed by atoms with van der Waals surface area (Å²) in [7, 11) is -0.561.